The Hall–Kier alpha value is -2.46. The van der Waals surface area contributed by atoms with Crippen LogP contribution in [0.4, 0.5) is 5.69 Å². The smallest absolute Gasteiger partial charge is 0.0600 e. The van der Waals surface area contributed by atoms with Crippen LogP contribution in [0.15, 0.2) is 54.6 Å². The molecule has 1 nitrogen and oxygen atoms in total. The third-order valence-corrected chi connectivity index (χ3v) is 3.99. The molecule has 2 aliphatic heterocycles. The minimum Gasteiger partial charge on any atom is -0.331 e. The van der Waals surface area contributed by atoms with Crippen LogP contribution in [0.25, 0.3) is 5.70 Å². The minimum atomic E-state index is 0.0393. The van der Waals surface area contributed by atoms with Crippen LogP contribution in [-0.4, -0.2) is 5.54 Å². The Kier molecular flexibility index (Phi) is 2.15. The average molecular weight is 257 g/mol. The van der Waals surface area contributed by atoms with Gasteiger partial charge >= 0.3 is 0 Å². The first-order valence-electron chi connectivity index (χ1n) is 6.90. The Bertz CT molecular complexity index is 800. The molecule has 1 heteroatoms. The quantitative estimate of drug-likeness (QED) is 0.644. The lowest BCUT2D eigenvalue weighted by Crippen LogP contribution is -2.50. The Morgan fingerprint density at radius 3 is 2.30 bits per heavy atom. The number of para-hydroxylation sites is 1. The molecular formula is C19H15N. The number of fused-ring (bicyclic) bond motifs is 5. The standard InChI is InChI=1S/C19H15N/c1-19(2)13-18-16-9-5-3-7-14(16)11-12-15-8-4-6-10-17(15)20(18)19/h3-10,13H,1-2H3. The first kappa shape index (κ1) is 11.4. The maximum absolute atomic E-state index is 3.33. The second-order valence-electron chi connectivity index (χ2n) is 5.83. The van der Waals surface area contributed by atoms with Gasteiger partial charge < -0.3 is 4.90 Å². The molecule has 0 bridgehead atoms. The molecule has 0 amide bonds. The molecule has 4 rings (SSSR count). The molecule has 96 valence electrons. The van der Waals surface area contributed by atoms with Crippen LogP contribution in [0.2, 0.25) is 0 Å². The number of benzene rings is 2. The molecule has 2 aliphatic rings. The fourth-order valence-electron chi connectivity index (χ4n) is 3.07. The Labute approximate surface area is 119 Å². The van der Waals surface area contributed by atoms with Crippen LogP contribution in [0.5, 0.6) is 0 Å². The molecule has 0 atom stereocenters. The van der Waals surface area contributed by atoms with Crippen LogP contribution < -0.4 is 4.90 Å². The zero-order chi connectivity index (χ0) is 13.7. The molecule has 0 radical (unpaired) electrons. The van der Waals surface area contributed by atoms with Crippen molar-refractivity contribution in [3.63, 3.8) is 0 Å². The van der Waals surface area contributed by atoms with E-state index in [0.717, 1.165) is 11.1 Å². The van der Waals surface area contributed by atoms with Crippen molar-refractivity contribution in [1.29, 1.82) is 0 Å². The monoisotopic (exact) mass is 257 g/mol. The fourth-order valence-corrected chi connectivity index (χ4v) is 3.07. The summed E-state index contributed by atoms with van der Waals surface area (Å²) >= 11 is 0. The molecule has 0 N–H and O–H groups in total. The third-order valence-electron chi connectivity index (χ3n) is 3.99. The summed E-state index contributed by atoms with van der Waals surface area (Å²) in [6.07, 6.45) is 2.33. The molecule has 2 aromatic carbocycles. The lowest BCUT2D eigenvalue weighted by Gasteiger charge is -2.49. The van der Waals surface area contributed by atoms with E-state index in [1.54, 1.807) is 0 Å². The van der Waals surface area contributed by atoms with Crippen molar-refractivity contribution in [3.05, 3.63) is 71.3 Å². The van der Waals surface area contributed by atoms with Crippen molar-refractivity contribution in [3.8, 4) is 11.8 Å². The van der Waals surface area contributed by atoms with Gasteiger partial charge in [-0.2, -0.15) is 0 Å². The third kappa shape index (κ3) is 1.45. The summed E-state index contributed by atoms with van der Waals surface area (Å²) in [6.45, 7) is 4.48. The zero-order valence-corrected chi connectivity index (χ0v) is 11.6. The molecule has 20 heavy (non-hydrogen) atoms. The highest BCUT2D eigenvalue weighted by atomic mass is 15.3. The average Bonchev–Trinajstić information content (AvgIpc) is 2.43. The Morgan fingerprint density at radius 1 is 0.850 bits per heavy atom. The fraction of sp³-hybridized carbons (Fsp3) is 0.158. The van der Waals surface area contributed by atoms with Crippen LogP contribution >= 0.6 is 0 Å². The molecule has 0 unspecified atom stereocenters. The summed E-state index contributed by atoms with van der Waals surface area (Å²) in [5.74, 6) is 6.64. The van der Waals surface area contributed by atoms with Crippen molar-refractivity contribution in [2.45, 2.75) is 19.4 Å². The SMILES string of the molecule is CC1(C)C=C2c3ccccc3C#Cc3ccccc3N21. The van der Waals surface area contributed by atoms with Crippen molar-refractivity contribution >= 4 is 11.4 Å². The molecule has 0 spiro atoms. The van der Waals surface area contributed by atoms with E-state index in [4.69, 9.17) is 0 Å². The Morgan fingerprint density at radius 2 is 1.50 bits per heavy atom. The van der Waals surface area contributed by atoms with Gasteiger partial charge in [-0.1, -0.05) is 42.2 Å². The molecule has 0 fully saturated rings. The largest absolute Gasteiger partial charge is 0.331 e. The summed E-state index contributed by atoms with van der Waals surface area (Å²) < 4.78 is 0. The first-order chi connectivity index (χ1) is 9.67. The van der Waals surface area contributed by atoms with Crippen molar-refractivity contribution in [2.75, 3.05) is 4.90 Å². The zero-order valence-electron chi connectivity index (χ0n) is 11.6. The highest BCUT2D eigenvalue weighted by Crippen LogP contribution is 2.45. The molecular weight excluding hydrogens is 242 g/mol. The molecule has 0 aliphatic carbocycles. The minimum absolute atomic E-state index is 0.0393. The maximum Gasteiger partial charge on any atom is 0.0600 e. The predicted molar refractivity (Wildman–Crippen MR) is 83.4 cm³/mol. The van der Waals surface area contributed by atoms with Crippen LogP contribution in [-0.2, 0) is 0 Å². The van der Waals surface area contributed by atoms with E-state index in [0.29, 0.717) is 0 Å². The molecule has 2 heterocycles. The van der Waals surface area contributed by atoms with E-state index in [1.807, 2.05) is 0 Å². The number of anilines is 1. The number of hydrogen-bond donors (Lipinski definition) is 0. The summed E-state index contributed by atoms with van der Waals surface area (Å²) in [6, 6.07) is 16.8. The maximum atomic E-state index is 3.33. The van der Waals surface area contributed by atoms with Gasteiger partial charge in [0, 0.05) is 22.4 Å². The molecule has 0 saturated heterocycles. The van der Waals surface area contributed by atoms with Gasteiger partial charge in [-0.25, -0.2) is 0 Å². The number of rotatable bonds is 0. The summed E-state index contributed by atoms with van der Waals surface area (Å²) in [4.78, 5) is 2.40. The van der Waals surface area contributed by atoms with E-state index >= 15 is 0 Å². The van der Waals surface area contributed by atoms with E-state index in [2.05, 4.69) is 85.2 Å². The molecule has 2 aromatic rings. The second kappa shape index (κ2) is 3.77. The topological polar surface area (TPSA) is 3.24 Å². The second-order valence-corrected chi connectivity index (χ2v) is 5.83. The van der Waals surface area contributed by atoms with Gasteiger partial charge in [0.15, 0.2) is 0 Å². The number of hydrogen-bond acceptors (Lipinski definition) is 1. The van der Waals surface area contributed by atoms with Gasteiger partial charge in [-0.05, 0) is 38.1 Å². The lowest BCUT2D eigenvalue weighted by molar-refractivity contribution is 0.589. The highest BCUT2D eigenvalue weighted by molar-refractivity contribution is 5.93. The van der Waals surface area contributed by atoms with E-state index in [1.165, 1.54) is 16.9 Å². The highest BCUT2D eigenvalue weighted by Gasteiger charge is 2.39. The Balaban J connectivity index is 2.06. The summed E-state index contributed by atoms with van der Waals surface area (Å²) in [5, 5.41) is 0. The van der Waals surface area contributed by atoms with Gasteiger partial charge in [0.25, 0.3) is 0 Å². The van der Waals surface area contributed by atoms with E-state index < -0.39 is 0 Å². The van der Waals surface area contributed by atoms with Gasteiger partial charge in [-0.15, -0.1) is 0 Å². The van der Waals surface area contributed by atoms with Gasteiger partial charge in [-0.3, -0.25) is 0 Å². The van der Waals surface area contributed by atoms with Gasteiger partial charge in [0.1, 0.15) is 0 Å². The van der Waals surface area contributed by atoms with Crippen molar-refractivity contribution in [2.24, 2.45) is 0 Å². The number of nitrogens with zero attached hydrogens (tertiary/aromatic N) is 1. The van der Waals surface area contributed by atoms with E-state index in [9.17, 15) is 0 Å². The predicted octanol–water partition coefficient (Wildman–Crippen LogP) is 4.04. The van der Waals surface area contributed by atoms with Crippen LogP contribution in [0.3, 0.4) is 0 Å². The van der Waals surface area contributed by atoms with Crippen LogP contribution in [0, 0.1) is 11.8 Å². The van der Waals surface area contributed by atoms with Crippen molar-refractivity contribution in [1.82, 2.24) is 0 Å². The first-order valence-corrected chi connectivity index (χ1v) is 6.90. The lowest BCUT2D eigenvalue weighted by atomic mass is 9.84. The van der Waals surface area contributed by atoms with E-state index in [-0.39, 0.29) is 5.54 Å². The van der Waals surface area contributed by atoms with Gasteiger partial charge in [0.05, 0.1) is 11.2 Å². The van der Waals surface area contributed by atoms with Crippen LogP contribution in [0.1, 0.15) is 30.5 Å². The summed E-state index contributed by atoms with van der Waals surface area (Å²) in [7, 11) is 0. The molecule has 0 saturated carbocycles. The normalized spacial score (nSPS) is 17.1. The van der Waals surface area contributed by atoms with Crippen molar-refractivity contribution < 1.29 is 0 Å². The summed E-state index contributed by atoms with van der Waals surface area (Å²) in [5.41, 5.74) is 5.95. The molecule has 0 aromatic heterocycles. The van der Waals surface area contributed by atoms with Gasteiger partial charge in [0.2, 0.25) is 0 Å².